The van der Waals surface area contributed by atoms with Crippen LogP contribution in [0.2, 0.25) is 0 Å². The number of carbonyl (C=O) groups excluding carboxylic acids is 1. The SMILES string of the molecule is COc1ccc(N2C(N)=C(C#N)C(c3cc(C)ccc3C)C3=C2CC(C)(C)CC3=O)cc1. The van der Waals surface area contributed by atoms with Crippen molar-refractivity contribution >= 4 is 11.5 Å². The number of hydrogen-bond donors (Lipinski definition) is 1. The van der Waals surface area contributed by atoms with Crippen molar-refractivity contribution in [1.29, 1.82) is 5.26 Å². The summed E-state index contributed by atoms with van der Waals surface area (Å²) in [5.41, 5.74) is 12.4. The number of nitrogens with two attached hydrogens (primary N) is 1. The van der Waals surface area contributed by atoms with Crippen molar-refractivity contribution in [2.24, 2.45) is 11.1 Å². The molecule has 164 valence electrons. The lowest BCUT2D eigenvalue weighted by atomic mass is 9.68. The monoisotopic (exact) mass is 427 g/mol. The Bertz CT molecular complexity index is 1200. The molecule has 1 aliphatic heterocycles. The zero-order valence-electron chi connectivity index (χ0n) is 19.3. The van der Waals surface area contributed by atoms with Crippen LogP contribution in [0.5, 0.6) is 5.75 Å². The zero-order chi connectivity index (χ0) is 23.2. The van der Waals surface area contributed by atoms with Crippen LogP contribution < -0.4 is 15.4 Å². The van der Waals surface area contributed by atoms with E-state index in [1.54, 1.807) is 7.11 Å². The Labute approximate surface area is 189 Å². The Morgan fingerprint density at radius 2 is 1.81 bits per heavy atom. The normalized spacial score (nSPS) is 20.2. The third-order valence-corrected chi connectivity index (χ3v) is 6.46. The fourth-order valence-electron chi connectivity index (χ4n) is 4.92. The van der Waals surface area contributed by atoms with Crippen molar-refractivity contribution in [1.82, 2.24) is 0 Å². The molecule has 1 aliphatic carbocycles. The van der Waals surface area contributed by atoms with Gasteiger partial charge in [0.1, 0.15) is 11.6 Å². The molecule has 0 amide bonds. The smallest absolute Gasteiger partial charge is 0.162 e. The number of Topliss-reactive ketones (excluding diaryl/α,β-unsaturated/α-hetero) is 1. The number of aryl methyl sites for hydroxylation is 2. The maximum atomic E-state index is 13.6. The average Bonchev–Trinajstić information content (AvgIpc) is 2.74. The van der Waals surface area contributed by atoms with Gasteiger partial charge in [-0.3, -0.25) is 9.69 Å². The summed E-state index contributed by atoms with van der Waals surface area (Å²) in [6.45, 7) is 8.25. The lowest BCUT2D eigenvalue weighted by molar-refractivity contribution is -0.118. The first-order valence-corrected chi connectivity index (χ1v) is 10.8. The fourth-order valence-corrected chi connectivity index (χ4v) is 4.92. The molecule has 5 heteroatoms. The number of rotatable bonds is 3. The first-order valence-electron chi connectivity index (χ1n) is 10.8. The number of ether oxygens (including phenoxy) is 1. The van der Waals surface area contributed by atoms with E-state index in [4.69, 9.17) is 10.5 Å². The topological polar surface area (TPSA) is 79.3 Å². The predicted molar refractivity (Wildman–Crippen MR) is 126 cm³/mol. The number of benzene rings is 2. The molecule has 1 unspecified atom stereocenters. The molecule has 0 radical (unpaired) electrons. The van der Waals surface area contributed by atoms with E-state index in [0.717, 1.165) is 33.8 Å². The number of ketones is 1. The second-order valence-corrected chi connectivity index (χ2v) is 9.54. The van der Waals surface area contributed by atoms with E-state index in [1.165, 1.54) is 0 Å². The van der Waals surface area contributed by atoms with Gasteiger partial charge in [0, 0.05) is 23.4 Å². The summed E-state index contributed by atoms with van der Waals surface area (Å²) in [6.07, 6.45) is 1.14. The molecule has 4 rings (SSSR count). The molecular weight excluding hydrogens is 398 g/mol. The first-order chi connectivity index (χ1) is 15.2. The van der Waals surface area contributed by atoms with Gasteiger partial charge in [0.15, 0.2) is 5.78 Å². The van der Waals surface area contributed by atoms with Gasteiger partial charge < -0.3 is 10.5 Å². The largest absolute Gasteiger partial charge is 0.497 e. The molecule has 2 N–H and O–H groups in total. The van der Waals surface area contributed by atoms with E-state index in [1.807, 2.05) is 55.1 Å². The quantitative estimate of drug-likeness (QED) is 0.723. The van der Waals surface area contributed by atoms with Crippen molar-refractivity contribution in [2.45, 2.75) is 46.5 Å². The Balaban J connectivity index is 2.00. The highest BCUT2D eigenvalue weighted by molar-refractivity contribution is 6.01. The average molecular weight is 428 g/mol. The summed E-state index contributed by atoms with van der Waals surface area (Å²) in [5, 5.41) is 10.2. The van der Waals surface area contributed by atoms with Gasteiger partial charge in [-0.1, -0.05) is 37.6 Å². The van der Waals surface area contributed by atoms with E-state index >= 15 is 0 Å². The summed E-state index contributed by atoms with van der Waals surface area (Å²) >= 11 is 0. The van der Waals surface area contributed by atoms with Crippen LogP contribution >= 0.6 is 0 Å². The number of hydrogen-bond acceptors (Lipinski definition) is 5. The summed E-state index contributed by atoms with van der Waals surface area (Å²) in [4.78, 5) is 15.5. The van der Waals surface area contributed by atoms with E-state index in [0.29, 0.717) is 29.8 Å². The van der Waals surface area contributed by atoms with Crippen molar-refractivity contribution in [3.63, 3.8) is 0 Å². The van der Waals surface area contributed by atoms with Crippen molar-refractivity contribution < 1.29 is 9.53 Å². The number of methoxy groups -OCH3 is 1. The van der Waals surface area contributed by atoms with Crippen LogP contribution in [0.15, 0.2) is 65.1 Å². The van der Waals surface area contributed by atoms with Gasteiger partial charge in [-0.15, -0.1) is 0 Å². The van der Waals surface area contributed by atoms with Crippen molar-refractivity contribution in [3.8, 4) is 11.8 Å². The molecule has 0 saturated heterocycles. The van der Waals surface area contributed by atoms with Crippen LogP contribution in [-0.4, -0.2) is 12.9 Å². The number of anilines is 1. The summed E-state index contributed by atoms with van der Waals surface area (Å²) in [6, 6.07) is 16.1. The Hall–Kier alpha value is -3.52. The van der Waals surface area contributed by atoms with Gasteiger partial charge >= 0.3 is 0 Å². The molecule has 0 fully saturated rings. The molecule has 2 aliphatic rings. The van der Waals surface area contributed by atoms with Crippen LogP contribution in [0.3, 0.4) is 0 Å². The van der Waals surface area contributed by atoms with Gasteiger partial charge in [-0.25, -0.2) is 0 Å². The molecule has 0 aromatic heterocycles. The van der Waals surface area contributed by atoms with Crippen LogP contribution in [0.1, 0.15) is 49.3 Å². The number of carbonyl (C=O) groups is 1. The molecule has 32 heavy (non-hydrogen) atoms. The highest BCUT2D eigenvalue weighted by Gasteiger charge is 2.45. The Kier molecular flexibility index (Phi) is 5.34. The molecule has 5 nitrogen and oxygen atoms in total. The molecule has 0 spiro atoms. The van der Waals surface area contributed by atoms with Gasteiger partial charge in [-0.05, 0) is 61.1 Å². The van der Waals surface area contributed by atoms with Crippen LogP contribution in [0.4, 0.5) is 5.69 Å². The van der Waals surface area contributed by atoms with Gasteiger partial charge in [0.2, 0.25) is 0 Å². The van der Waals surface area contributed by atoms with Crippen LogP contribution in [0, 0.1) is 30.6 Å². The van der Waals surface area contributed by atoms with Crippen LogP contribution in [0.25, 0.3) is 0 Å². The minimum atomic E-state index is -0.451. The summed E-state index contributed by atoms with van der Waals surface area (Å²) < 4.78 is 5.30. The third kappa shape index (κ3) is 3.56. The minimum Gasteiger partial charge on any atom is -0.497 e. The van der Waals surface area contributed by atoms with E-state index in [-0.39, 0.29) is 11.2 Å². The second-order valence-electron chi connectivity index (χ2n) is 9.54. The highest BCUT2D eigenvalue weighted by Crippen LogP contribution is 2.50. The van der Waals surface area contributed by atoms with Gasteiger partial charge in [0.05, 0.1) is 24.7 Å². The Morgan fingerprint density at radius 3 is 2.44 bits per heavy atom. The molecule has 2 aromatic rings. The molecule has 1 heterocycles. The standard InChI is InChI=1S/C27H29N3O2/c1-16-6-7-17(2)20(12-16)24-21(15-28)26(29)30(18-8-10-19(32-5)11-9-18)22-13-27(3,4)14-23(31)25(22)24/h6-12,24H,13-14,29H2,1-5H3. The van der Waals surface area contributed by atoms with Gasteiger partial charge in [0.25, 0.3) is 0 Å². The van der Waals surface area contributed by atoms with E-state index in [2.05, 4.69) is 26.0 Å². The number of nitrogens with zero attached hydrogens (tertiary/aromatic N) is 2. The lowest BCUT2D eigenvalue weighted by Gasteiger charge is -2.44. The number of allylic oxidation sites excluding steroid dienone is 3. The maximum Gasteiger partial charge on any atom is 0.162 e. The fraction of sp³-hybridized carbons (Fsp3) is 0.333. The zero-order valence-corrected chi connectivity index (χ0v) is 19.3. The second kappa shape index (κ2) is 7.87. The highest BCUT2D eigenvalue weighted by atomic mass is 16.5. The first kappa shape index (κ1) is 21.7. The lowest BCUT2D eigenvalue weighted by Crippen LogP contribution is -2.42. The molecular formula is C27H29N3O2. The summed E-state index contributed by atoms with van der Waals surface area (Å²) in [7, 11) is 1.62. The molecule has 2 aromatic carbocycles. The van der Waals surface area contributed by atoms with E-state index in [9.17, 15) is 10.1 Å². The molecule has 0 saturated carbocycles. The summed E-state index contributed by atoms with van der Waals surface area (Å²) in [5.74, 6) is 0.748. The molecule has 0 bridgehead atoms. The minimum absolute atomic E-state index is 0.0842. The van der Waals surface area contributed by atoms with Crippen molar-refractivity contribution in [2.75, 3.05) is 12.0 Å². The molecule has 1 atom stereocenters. The third-order valence-electron chi connectivity index (χ3n) is 6.46. The van der Waals surface area contributed by atoms with Crippen LogP contribution in [-0.2, 0) is 4.79 Å². The van der Waals surface area contributed by atoms with E-state index < -0.39 is 5.92 Å². The predicted octanol–water partition coefficient (Wildman–Crippen LogP) is 5.25. The van der Waals surface area contributed by atoms with Gasteiger partial charge in [-0.2, -0.15) is 5.26 Å². The van der Waals surface area contributed by atoms with Crippen molar-refractivity contribution in [3.05, 3.63) is 81.8 Å². The maximum absolute atomic E-state index is 13.6. The Morgan fingerprint density at radius 1 is 1.12 bits per heavy atom. The number of nitriles is 1.